The summed E-state index contributed by atoms with van der Waals surface area (Å²) in [4.78, 5) is 19.9. The first kappa shape index (κ1) is 14.4. The second-order valence-corrected chi connectivity index (χ2v) is 8.40. The molecule has 2 aromatic rings. The predicted molar refractivity (Wildman–Crippen MR) is 94.7 cm³/mol. The summed E-state index contributed by atoms with van der Waals surface area (Å²) in [7, 11) is 2.02. The summed E-state index contributed by atoms with van der Waals surface area (Å²) in [6.07, 6.45) is 7.80. The van der Waals surface area contributed by atoms with Crippen molar-refractivity contribution in [2.45, 2.75) is 44.1 Å². The lowest BCUT2D eigenvalue weighted by Gasteiger charge is -2.59. The molecule has 4 aliphatic rings. The molecule has 0 aliphatic heterocycles. The highest BCUT2D eigenvalue weighted by atomic mass is 16.2. The number of para-hydroxylation sites is 1. The maximum Gasteiger partial charge on any atom is 0.272 e. The van der Waals surface area contributed by atoms with Gasteiger partial charge < -0.3 is 4.90 Å². The molecule has 1 aromatic carbocycles. The fourth-order valence-electron chi connectivity index (χ4n) is 6.05. The van der Waals surface area contributed by atoms with E-state index in [1.807, 2.05) is 43.4 Å². The van der Waals surface area contributed by atoms with Gasteiger partial charge in [-0.05, 0) is 68.4 Å². The number of rotatable bonds is 2. The molecule has 0 N–H and O–H groups in total. The monoisotopic (exact) mass is 320 g/mol. The summed E-state index contributed by atoms with van der Waals surface area (Å²) < 4.78 is 0. The van der Waals surface area contributed by atoms with Crippen LogP contribution in [0, 0.1) is 17.8 Å². The zero-order chi connectivity index (χ0) is 16.3. The number of carbonyl (C=O) groups is 1. The van der Waals surface area contributed by atoms with Crippen LogP contribution in [0.5, 0.6) is 0 Å². The van der Waals surface area contributed by atoms with Gasteiger partial charge in [0, 0.05) is 18.0 Å². The van der Waals surface area contributed by atoms with Crippen molar-refractivity contribution in [3.63, 3.8) is 0 Å². The van der Waals surface area contributed by atoms with Crippen LogP contribution in [0.1, 0.15) is 49.0 Å². The molecule has 0 unspecified atom stereocenters. The second-order valence-electron chi connectivity index (χ2n) is 8.40. The van der Waals surface area contributed by atoms with Crippen LogP contribution in [-0.2, 0) is 0 Å². The van der Waals surface area contributed by atoms with Crippen LogP contribution in [0.2, 0.25) is 0 Å². The van der Waals surface area contributed by atoms with Gasteiger partial charge in [-0.25, -0.2) is 4.98 Å². The zero-order valence-corrected chi connectivity index (χ0v) is 14.2. The van der Waals surface area contributed by atoms with Crippen molar-refractivity contribution in [3.8, 4) is 0 Å². The van der Waals surface area contributed by atoms with Crippen molar-refractivity contribution in [2.75, 3.05) is 7.05 Å². The van der Waals surface area contributed by atoms with Gasteiger partial charge in [0.2, 0.25) is 0 Å². The van der Waals surface area contributed by atoms with Gasteiger partial charge in [-0.2, -0.15) is 0 Å². The van der Waals surface area contributed by atoms with E-state index in [2.05, 4.69) is 9.88 Å². The minimum absolute atomic E-state index is 0.0964. The third kappa shape index (κ3) is 2.10. The Kier molecular flexibility index (Phi) is 3.04. The SMILES string of the molecule is CN(C(=O)c1ccc2ccccc2n1)C12CC3CC(CC(C3)C1)C2. The highest BCUT2D eigenvalue weighted by Crippen LogP contribution is 2.57. The summed E-state index contributed by atoms with van der Waals surface area (Å²) >= 11 is 0. The van der Waals surface area contributed by atoms with E-state index in [0.717, 1.165) is 28.7 Å². The Morgan fingerprint density at radius 2 is 1.62 bits per heavy atom. The molecule has 3 nitrogen and oxygen atoms in total. The van der Waals surface area contributed by atoms with Crippen LogP contribution >= 0.6 is 0 Å². The Morgan fingerprint density at radius 1 is 1.00 bits per heavy atom. The molecule has 3 heteroatoms. The molecule has 1 amide bonds. The van der Waals surface area contributed by atoms with Crippen molar-refractivity contribution in [2.24, 2.45) is 17.8 Å². The Hall–Kier alpha value is -1.90. The number of amides is 1. The van der Waals surface area contributed by atoms with E-state index >= 15 is 0 Å². The number of pyridine rings is 1. The number of hydrogen-bond donors (Lipinski definition) is 0. The first-order chi connectivity index (χ1) is 11.6. The van der Waals surface area contributed by atoms with Gasteiger partial charge in [0.15, 0.2) is 0 Å². The fraction of sp³-hybridized carbons (Fsp3) is 0.524. The molecule has 0 radical (unpaired) electrons. The molecule has 4 fully saturated rings. The Balaban J connectivity index is 1.47. The first-order valence-corrected chi connectivity index (χ1v) is 9.27. The highest BCUT2D eigenvalue weighted by Gasteiger charge is 2.53. The van der Waals surface area contributed by atoms with Crippen LogP contribution in [0.4, 0.5) is 0 Å². The summed E-state index contributed by atoms with van der Waals surface area (Å²) in [5.74, 6) is 2.63. The van der Waals surface area contributed by atoms with Crippen LogP contribution in [0.25, 0.3) is 10.9 Å². The molecule has 0 spiro atoms. The molecule has 24 heavy (non-hydrogen) atoms. The fourth-order valence-corrected chi connectivity index (χ4v) is 6.05. The molecule has 4 aliphatic carbocycles. The third-order valence-corrected chi connectivity index (χ3v) is 6.84. The van der Waals surface area contributed by atoms with E-state index in [9.17, 15) is 4.79 Å². The quantitative estimate of drug-likeness (QED) is 0.827. The maximum atomic E-state index is 13.2. The van der Waals surface area contributed by atoms with Crippen LogP contribution < -0.4 is 0 Å². The average Bonchev–Trinajstić information content (AvgIpc) is 2.59. The van der Waals surface area contributed by atoms with Crippen molar-refractivity contribution < 1.29 is 4.79 Å². The molecule has 6 rings (SSSR count). The average molecular weight is 320 g/mol. The van der Waals surface area contributed by atoms with E-state index in [1.165, 1.54) is 38.5 Å². The maximum absolute atomic E-state index is 13.2. The number of aromatic nitrogens is 1. The number of hydrogen-bond acceptors (Lipinski definition) is 2. The minimum Gasteiger partial charge on any atom is -0.335 e. The minimum atomic E-state index is 0.0964. The van der Waals surface area contributed by atoms with Crippen LogP contribution in [0.15, 0.2) is 36.4 Å². The van der Waals surface area contributed by atoms with Crippen molar-refractivity contribution in [3.05, 3.63) is 42.1 Å². The normalized spacial score (nSPS) is 33.8. The molecule has 1 heterocycles. The lowest BCUT2D eigenvalue weighted by molar-refractivity contribution is -0.0667. The Morgan fingerprint density at radius 3 is 2.29 bits per heavy atom. The lowest BCUT2D eigenvalue weighted by atomic mass is 9.52. The molecule has 0 saturated heterocycles. The van der Waals surface area contributed by atoms with Crippen molar-refractivity contribution in [1.29, 1.82) is 0 Å². The summed E-state index contributed by atoms with van der Waals surface area (Å²) in [5.41, 5.74) is 1.59. The smallest absolute Gasteiger partial charge is 0.272 e. The van der Waals surface area contributed by atoms with E-state index in [4.69, 9.17) is 0 Å². The molecular weight excluding hydrogens is 296 g/mol. The summed E-state index contributed by atoms with van der Waals surface area (Å²) in [6.45, 7) is 0. The summed E-state index contributed by atoms with van der Waals surface area (Å²) in [6, 6.07) is 11.9. The van der Waals surface area contributed by atoms with Crippen molar-refractivity contribution in [1.82, 2.24) is 9.88 Å². The third-order valence-electron chi connectivity index (χ3n) is 6.84. The van der Waals surface area contributed by atoms with Gasteiger partial charge in [0.1, 0.15) is 5.69 Å². The van der Waals surface area contributed by atoms with Gasteiger partial charge in [-0.1, -0.05) is 24.3 Å². The van der Waals surface area contributed by atoms with E-state index in [0.29, 0.717) is 5.69 Å². The Bertz CT molecular complexity index is 777. The predicted octanol–water partition coefficient (Wildman–Crippen LogP) is 4.28. The molecule has 1 aromatic heterocycles. The van der Waals surface area contributed by atoms with Crippen LogP contribution in [0.3, 0.4) is 0 Å². The van der Waals surface area contributed by atoms with Gasteiger partial charge >= 0.3 is 0 Å². The van der Waals surface area contributed by atoms with E-state index in [-0.39, 0.29) is 11.4 Å². The second kappa shape index (κ2) is 5.05. The number of carbonyl (C=O) groups excluding carboxylic acids is 1. The molecule has 4 bridgehead atoms. The van der Waals surface area contributed by atoms with E-state index < -0.39 is 0 Å². The lowest BCUT2D eigenvalue weighted by Crippen LogP contribution is -2.60. The first-order valence-electron chi connectivity index (χ1n) is 9.27. The van der Waals surface area contributed by atoms with Gasteiger partial charge in [0.25, 0.3) is 5.91 Å². The van der Waals surface area contributed by atoms with E-state index in [1.54, 1.807) is 0 Å². The molecule has 0 atom stereocenters. The zero-order valence-electron chi connectivity index (χ0n) is 14.2. The topological polar surface area (TPSA) is 33.2 Å². The number of benzene rings is 1. The van der Waals surface area contributed by atoms with Crippen LogP contribution in [-0.4, -0.2) is 28.4 Å². The van der Waals surface area contributed by atoms with Gasteiger partial charge in [-0.3, -0.25) is 4.79 Å². The number of nitrogens with zero attached hydrogens (tertiary/aromatic N) is 2. The molecule has 124 valence electrons. The number of fused-ring (bicyclic) bond motifs is 1. The molecule has 4 saturated carbocycles. The summed E-state index contributed by atoms with van der Waals surface area (Å²) in [5, 5.41) is 1.09. The van der Waals surface area contributed by atoms with Gasteiger partial charge in [0.05, 0.1) is 5.52 Å². The van der Waals surface area contributed by atoms with Crippen molar-refractivity contribution >= 4 is 16.8 Å². The Labute approximate surface area is 143 Å². The molecular formula is C21H24N2O. The standard InChI is InChI=1S/C21H24N2O/c1-23(21-11-14-8-15(12-21)10-16(9-14)13-21)20(24)19-7-6-17-4-2-3-5-18(17)22-19/h2-7,14-16H,8-13H2,1H3. The largest absolute Gasteiger partial charge is 0.335 e. The van der Waals surface area contributed by atoms with Gasteiger partial charge in [-0.15, -0.1) is 0 Å². The highest BCUT2D eigenvalue weighted by molar-refractivity contribution is 5.95.